The number of anilines is 1. The number of hydrogen-bond donors (Lipinski definition) is 2. The number of nitrogens with zero attached hydrogens (tertiary/aromatic N) is 2. The van der Waals surface area contributed by atoms with E-state index in [1.165, 1.54) is 28.8 Å². The SMILES string of the molecule is COc1ccc(NC(=O)CSc2nc3cc(C)[nH]c3c(=O)n2-c2ccc(F)cc2)cc1. The van der Waals surface area contributed by atoms with E-state index < -0.39 is 5.82 Å². The number of ether oxygens (including phenoxy) is 1. The predicted molar refractivity (Wildman–Crippen MR) is 119 cm³/mol. The summed E-state index contributed by atoms with van der Waals surface area (Å²) in [5, 5.41) is 3.14. The molecule has 0 unspecified atom stereocenters. The van der Waals surface area contributed by atoms with Crippen molar-refractivity contribution in [3.8, 4) is 11.4 Å². The fraction of sp³-hybridized carbons (Fsp3) is 0.136. The van der Waals surface area contributed by atoms with Crippen LogP contribution in [0.2, 0.25) is 0 Å². The number of halogens is 1. The standard InChI is InChI=1S/C22H19FN4O3S/c1-13-11-18-20(24-13)21(29)27(16-7-3-14(23)4-8-16)22(26-18)31-12-19(28)25-15-5-9-17(30-2)10-6-15/h3-11,24H,12H2,1-2H3,(H,25,28). The van der Waals surface area contributed by atoms with Crippen molar-refractivity contribution < 1.29 is 13.9 Å². The zero-order valence-electron chi connectivity index (χ0n) is 16.8. The largest absolute Gasteiger partial charge is 0.497 e. The second kappa shape index (κ2) is 8.65. The minimum Gasteiger partial charge on any atom is -0.497 e. The number of aromatic nitrogens is 3. The third kappa shape index (κ3) is 4.46. The minimum absolute atomic E-state index is 0.0363. The fourth-order valence-electron chi connectivity index (χ4n) is 3.09. The van der Waals surface area contributed by atoms with Gasteiger partial charge in [-0.25, -0.2) is 9.37 Å². The van der Waals surface area contributed by atoms with Crippen LogP contribution in [-0.4, -0.2) is 33.3 Å². The number of nitrogens with one attached hydrogen (secondary N) is 2. The second-order valence-electron chi connectivity index (χ2n) is 6.79. The normalized spacial score (nSPS) is 10.9. The van der Waals surface area contributed by atoms with E-state index in [0.29, 0.717) is 33.3 Å². The van der Waals surface area contributed by atoms with E-state index in [9.17, 15) is 14.0 Å². The van der Waals surface area contributed by atoms with Gasteiger partial charge >= 0.3 is 0 Å². The maximum Gasteiger partial charge on any atom is 0.283 e. The van der Waals surface area contributed by atoms with E-state index in [2.05, 4.69) is 15.3 Å². The Kier molecular flexibility index (Phi) is 5.77. The molecule has 4 aromatic rings. The number of aryl methyl sites for hydroxylation is 1. The van der Waals surface area contributed by atoms with E-state index in [-0.39, 0.29) is 17.2 Å². The Morgan fingerprint density at radius 3 is 2.58 bits per heavy atom. The number of benzene rings is 2. The first-order valence-corrected chi connectivity index (χ1v) is 10.4. The molecule has 158 valence electrons. The van der Waals surface area contributed by atoms with Crippen LogP contribution in [0.25, 0.3) is 16.7 Å². The molecule has 2 heterocycles. The summed E-state index contributed by atoms with van der Waals surface area (Å²) in [6.07, 6.45) is 0. The number of hydrogen-bond acceptors (Lipinski definition) is 5. The average Bonchev–Trinajstić information content (AvgIpc) is 3.14. The van der Waals surface area contributed by atoms with Crippen LogP contribution in [0.1, 0.15) is 5.69 Å². The smallest absolute Gasteiger partial charge is 0.283 e. The number of methoxy groups -OCH3 is 1. The number of aromatic amines is 1. The number of thioether (sulfide) groups is 1. The van der Waals surface area contributed by atoms with Gasteiger partial charge in [0.1, 0.15) is 17.1 Å². The summed E-state index contributed by atoms with van der Waals surface area (Å²) in [5.74, 6) is 0.0687. The number of amides is 1. The van der Waals surface area contributed by atoms with Gasteiger partial charge in [-0.3, -0.25) is 14.2 Å². The van der Waals surface area contributed by atoms with Crippen molar-refractivity contribution in [3.63, 3.8) is 0 Å². The topological polar surface area (TPSA) is 89.0 Å². The molecule has 0 saturated heterocycles. The third-order valence-corrected chi connectivity index (χ3v) is 5.49. The zero-order chi connectivity index (χ0) is 22.0. The lowest BCUT2D eigenvalue weighted by Crippen LogP contribution is -2.23. The molecule has 31 heavy (non-hydrogen) atoms. The Hall–Kier alpha value is -3.59. The summed E-state index contributed by atoms with van der Waals surface area (Å²) in [6, 6.07) is 14.3. The third-order valence-electron chi connectivity index (χ3n) is 4.55. The van der Waals surface area contributed by atoms with Crippen molar-refractivity contribution in [2.45, 2.75) is 12.1 Å². The quantitative estimate of drug-likeness (QED) is 0.352. The molecule has 0 aliphatic heterocycles. The summed E-state index contributed by atoms with van der Waals surface area (Å²) in [7, 11) is 1.57. The molecule has 0 fully saturated rings. The van der Waals surface area contributed by atoms with Crippen LogP contribution in [0.5, 0.6) is 5.75 Å². The number of carbonyl (C=O) groups excluding carboxylic acids is 1. The molecule has 0 spiro atoms. The molecular weight excluding hydrogens is 419 g/mol. The molecular formula is C22H19FN4O3S. The van der Waals surface area contributed by atoms with Crippen LogP contribution < -0.4 is 15.6 Å². The number of fused-ring (bicyclic) bond motifs is 1. The summed E-state index contributed by atoms with van der Waals surface area (Å²) in [5.41, 5.74) is 2.44. The highest BCUT2D eigenvalue weighted by Crippen LogP contribution is 2.22. The van der Waals surface area contributed by atoms with E-state index >= 15 is 0 Å². The van der Waals surface area contributed by atoms with Crippen LogP contribution >= 0.6 is 11.8 Å². The van der Waals surface area contributed by atoms with E-state index in [1.54, 1.807) is 37.4 Å². The lowest BCUT2D eigenvalue weighted by atomic mass is 10.3. The Labute approximate surface area is 181 Å². The van der Waals surface area contributed by atoms with Crippen molar-refractivity contribution in [3.05, 3.63) is 76.5 Å². The molecule has 0 saturated carbocycles. The van der Waals surface area contributed by atoms with Gasteiger partial charge in [-0.2, -0.15) is 0 Å². The lowest BCUT2D eigenvalue weighted by molar-refractivity contribution is -0.113. The lowest BCUT2D eigenvalue weighted by Gasteiger charge is -2.12. The number of carbonyl (C=O) groups is 1. The van der Waals surface area contributed by atoms with Crippen LogP contribution in [0.3, 0.4) is 0 Å². The maximum atomic E-state index is 13.4. The van der Waals surface area contributed by atoms with Gasteiger partial charge in [0.2, 0.25) is 5.91 Å². The van der Waals surface area contributed by atoms with Gasteiger partial charge in [0.25, 0.3) is 5.56 Å². The van der Waals surface area contributed by atoms with Gasteiger partial charge in [0.15, 0.2) is 5.16 Å². The van der Waals surface area contributed by atoms with E-state index in [0.717, 1.165) is 17.5 Å². The summed E-state index contributed by atoms with van der Waals surface area (Å²) < 4.78 is 19.9. The van der Waals surface area contributed by atoms with Gasteiger partial charge < -0.3 is 15.0 Å². The van der Waals surface area contributed by atoms with Gasteiger partial charge in [0, 0.05) is 11.4 Å². The molecule has 2 N–H and O–H groups in total. The number of H-pyrrole nitrogens is 1. The second-order valence-corrected chi connectivity index (χ2v) is 7.73. The van der Waals surface area contributed by atoms with Crippen molar-refractivity contribution in [2.24, 2.45) is 0 Å². The van der Waals surface area contributed by atoms with Crippen LogP contribution in [0.15, 0.2) is 64.5 Å². The summed E-state index contributed by atoms with van der Waals surface area (Å²) in [6.45, 7) is 1.83. The molecule has 0 radical (unpaired) electrons. The summed E-state index contributed by atoms with van der Waals surface area (Å²) >= 11 is 1.13. The molecule has 0 aliphatic carbocycles. The van der Waals surface area contributed by atoms with Gasteiger partial charge in [0.05, 0.1) is 24.1 Å². The van der Waals surface area contributed by atoms with Gasteiger partial charge in [-0.05, 0) is 61.5 Å². The molecule has 2 aromatic carbocycles. The maximum absolute atomic E-state index is 13.4. The Balaban J connectivity index is 1.62. The molecule has 2 aromatic heterocycles. The zero-order valence-corrected chi connectivity index (χ0v) is 17.6. The minimum atomic E-state index is -0.408. The van der Waals surface area contributed by atoms with E-state index in [1.807, 2.05) is 6.92 Å². The van der Waals surface area contributed by atoms with Crippen molar-refractivity contribution in [1.29, 1.82) is 0 Å². The van der Waals surface area contributed by atoms with E-state index in [4.69, 9.17) is 4.74 Å². The monoisotopic (exact) mass is 438 g/mol. The molecule has 4 rings (SSSR count). The molecule has 1 amide bonds. The Morgan fingerprint density at radius 1 is 1.19 bits per heavy atom. The Morgan fingerprint density at radius 2 is 1.90 bits per heavy atom. The molecule has 0 aliphatic rings. The van der Waals surface area contributed by atoms with Crippen LogP contribution in [-0.2, 0) is 4.79 Å². The first-order chi connectivity index (χ1) is 14.9. The van der Waals surface area contributed by atoms with Crippen LogP contribution in [0.4, 0.5) is 10.1 Å². The average molecular weight is 438 g/mol. The van der Waals surface area contributed by atoms with Crippen molar-refractivity contribution in [1.82, 2.24) is 14.5 Å². The highest BCUT2D eigenvalue weighted by Gasteiger charge is 2.16. The van der Waals surface area contributed by atoms with Crippen molar-refractivity contribution >= 4 is 34.4 Å². The van der Waals surface area contributed by atoms with Crippen molar-refractivity contribution in [2.75, 3.05) is 18.2 Å². The highest BCUT2D eigenvalue weighted by molar-refractivity contribution is 7.99. The first-order valence-electron chi connectivity index (χ1n) is 9.39. The summed E-state index contributed by atoms with van der Waals surface area (Å²) in [4.78, 5) is 33.1. The molecule has 7 nitrogen and oxygen atoms in total. The predicted octanol–water partition coefficient (Wildman–Crippen LogP) is 3.90. The number of rotatable bonds is 6. The highest BCUT2D eigenvalue weighted by atomic mass is 32.2. The van der Waals surface area contributed by atoms with Gasteiger partial charge in [-0.1, -0.05) is 11.8 Å². The Bertz CT molecular complexity index is 1300. The van der Waals surface area contributed by atoms with Crippen LogP contribution in [0, 0.1) is 12.7 Å². The first kappa shape index (κ1) is 20.7. The fourth-order valence-corrected chi connectivity index (χ4v) is 3.91. The molecule has 9 heteroatoms. The van der Waals surface area contributed by atoms with Gasteiger partial charge in [-0.15, -0.1) is 0 Å². The molecule has 0 bridgehead atoms. The molecule has 0 atom stereocenters.